The van der Waals surface area contributed by atoms with E-state index in [1.165, 1.54) is 33.4 Å². The summed E-state index contributed by atoms with van der Waals surface area (Å²) in [6.07, 6.45) is -3.86. The third kappa shape index (κ3) is 4.80. The van der Waals surface area contributed by atoms with Gasteiger partial charge < -0.3 is 10.1 Å². The highest BCUT2D eigenvalue weighted by Gasteiger charge is 2.69. The van der Waals surface area contributed by atoms with Crippen molar-refractivity contribution in [3.8, 4) is 5.75 Å². The van der Waals surface area contributed by atoms with E-state index in [0.29, 0.717) is 22.9 Å². The van der Waals surface area contributed by atoms with Crippen molar-refractivity contribution in [3.63, 3.8) is 0 Å². The van der Waals surface area contributed by atoms with Gasteiger partial charge in [-0.1, -0.05) is 47.7 Å². The molecule has 2 aliphatic carbocycles. The summed E-state index contributed by atoms with van der Waals surface area (Å²) < 4.78 is 46.6. The second kappa shape index (κ2) is 11.4. The number of carbonyl (C=O) groups excluding carboxylic acids is 3. The molecule has 8 nitrogen and oxygen atoms in total. The van der Waals surface area contributed by atoms with E-state index in [2.05, 4.69) is 5.32 Å². The van der Waals surface area contributed by atoms with Gasteiger partial charge in [0.05, 0.1) is 35.2 Å². The van der Waals surface area contributed by atoms with Crippen LogP contribution >= 0.6 is 23.1 Å². The van der Waals surface area contributed by atoms with Crippen LogP contribution in [0, 0.1) is 29.6 Å². The molecule has 1 N–H and O–H groups in total. The predicted molar refractivity (Wildman–Crippen MR) is 174 cm³/mol. The van der Waals surface area contributed by atoms with Gasteiger partial charge in [-0.25, -0.2) is 0 Å². The van der Waals surface area contributed by atoms with E-state index in [9.17, 15) is 32.3 Å². The molecule has 3 heterocycles. The molecular weight excluding hydrogens is 664 g/mol. The summed E-state index contributed by atoms with van der Waals surface area (Å²) in [7, 11) is 1.58. The molecule has 2 saturated carbocycles. The number of benzene rings is 3. The topological polar surface area (TPSA) is 97.7 Å². The Balaban J connectivity index is 1.16. The Hall–Kier alpha value is -4.36. The Bertz CT molecular complexity index is 2010. The molecule has 246 valence electrons. The maximum atomic E-state index is 14.0. The van der Waals surface area contributed by atoms with Crippen LogP contribution in [0.15, 0.2) is 88.7 Å². The Morgan fingerprint density at radius 1 is 0.938 bits per heavy atom. The van der Waals surface area contributed by atoms with Crippen molar-refractivity contribution >= 4 is 52.2 Å². The molecule has 0 radical (unpaired) electrons. The second-order valence-corrected chi connectivity index (χ2v) is 14.8. The van der Waals surface area contributed by atoms with Gasteiger partial charge in [0.1, 0.15) is 12.3 Å². The number of anilines is 2. The van der Waals surface area contributed by atoms with Crippen molar-refractivity contribution in [2.45, 2.75) is 35.3 Å². The predicted octanol–water partition coefficient (Wildman–Crippen LogP) is 6.25. The number of aromatic nitrogens is 1. The molecule has 8 rings (SSSR count). The molecule has 2 aliphatic heterocycles. The molecule has 7 atom stereocenters. The number of halogens is 3. The Labute approximate surface area is 280 Å². The number of nitrogens with one attached hydrogen (secondary N) is 1. The van der Waals surface area contributed by atoms with Crippen LogP contribution in [-0.4, -0.2) is 34.6 Å². The number of fused-ring (bicyclic) bond motifs is 9. The Kier molecular flexibility index (Phi) is 7.33. The van der Waals surface area contributed by atoms with Crippen LogP contribution in [0.25, 0.3) is 0 Å². The lowest BCUT2D eigenvalue weighted by Crippen LogP contribution is -2.43. The van der Waals surface area contributed by atoms with E-state index in [1.54, 1.807) is 31.4 Å². The quantitative estimate of drug-likeness (QED) is 0.240. The zero-order valence-electron chi connectivity index (χ0n) is 25.3. The number of thiazole rings is 1. The molecule has 0 spiro atoms. The average molecular weight is 692 g/mol. The second-order valence-electron chi connectivity index (χ2n) is 12.6. The highest BCUT2D eigenvalue weighted by molar-refractivity contribution is 8.00. The first-order chi connectivity index (χ1) is 23.0. The maximum absolute atomic E-state index is 14.0. The first-order valence-corrected chi connectivity index (χ1v) is 17.2. The van der Waals surface area contributed by atoms with Gasteiger partial charge in [0.15, 0.2) is 0 Å². The molecule has 1 saturated heterocycles. The molecule has 2 bridgehead atoms. The zero-order valence-corrected chi connectivity index (χ0v) is 27.0. The minimum Gasteiger partial charge on any atom is -0.497 e. The number of alkyl halides is 3. The fraction of sp³-hybridized carbons (Fsp3) is 0.314. The monoisotopic (exact) mass is 691 g/mol. The zero-order chi connectivity index (χ0) is 33.5. The molecule has 7 unspecified atom stereocenters. The largest absolute Gasteiger partial charge is 0.497 e. The standard InChI is InChI=1S/C35H28F3N3O5S2/c1-46-21-12-10-17(11-13-21)25-26-22-15-23(28-27(22)31(43)41(32(28)44)20-8-3-2-4-9-20)29(26)47-33-30(25)48-34(45)40(33)16-24(42)39-19-7-5-6-18(14-19)35(36,37)38/h2-14,22-23,25-29H,15-16H2,1H3,(H,39,42). The third-order valence-electron chi connectivity index (χ3n) is 10.2. The number of ether oxygens (including phenoxy) is 1. The van der Waals surface area contributed by atoms with Gasteiger partial charge in [0, 0.05) is 21.7 Å². The van der Waals surface area contributed by atoms with Crippen LogP contribution in [0.4, 0.5) is 24.5 Å². The Morgan fingerprint density at radius 2 is 1.65 bits per heavy atom. The molecule has 1 aromatic heterocycles. The van der Waals surface area contributed by atoms with Crippen LogP contribution < -0.4 is 19.8 Å². The van der Waals surface area contributed by atoms with Crippen molar-refractivity contribution in [2.24, 2.45) is 29.6 Å². The molecule has 13 heteroatoms. The van der Waals surface area contributed by atoms with Gasteiger partial charge in [-0.05, 0) is 72.2 Å². The maximum Gasteiger partial charge on any atom is 0.416 e. The molecule has 3 fully saturated rings. The van der Waals surface area contributed by atoms with Crippen LogP contribution in [0.2, 0.25) is 0 Å². The molecule has 3 aromatic carbocycles. The average Bonchev–Trinajstić information content (AvgIpc) is 3.79. The highest BCUT2D eigenvalue weighted by atomic mass is 32.2. The lowest BCUT2D eigenvalue weighted by Gasteiger charge is -2.43. The number of imide groups is 1. The lowest BCUT2D eigenvalue weighted by atomic mass is 9.68. The summed E-state index contributed by atoms with van der Waals surface area (Å²) in [5.74, 6) is -1.78. The van der Waals surface area contributed by atoms with Gasteiger partial charge in [0.25, 0.3) is 0 Å². The van der Waals surface area contributed by atoms with Gasteiger partial charge in [-0.2, -0.15) is 13.2 Å². The van der Waals surface area contributed by atoms with E-state index in [0.717, 1.165) is 33.9 Å². The third-order valence-corrected chi connectivity index (χ3v) is 13.0. The SMILES string of the molecule is COc1ccc(C2c3sc(=O)n(CC(=O)Nc4cccc(C(F)(F)F)c4)c3SC3C4CC(C5C(=O)N(c6ccccc6)C(=O)C45)C23)cc1. The number of hydrogen-bond acceptors (Lipinski definition) is 7. The first-order valence-electron chi connectivity index (χ1n) is 15.5. The van der Waals surface area contributed by atoms with Crippen molar-refractivity contribution in [1.29, 1.82) is 0 Å². The van der Waals surface area contributed by atoms with Crippen molar-refractivity contribution in [1.82, 2.24) is 4.57 Å². The van der Waals surface area contributed by atoms with Crippen molar-refractivity contribution in [3.05, 3.63) is 105 Å². The minimum atomic E-state index is -4.57. The van der Waals surface area contributed by atoms with Crippen molar-refractivity contribution in [2.75, 3.05) is 17.3 Å². The smallest absolute Gasteiger partial charge is 0.416 e. The summed E-state index contributed by atoms with van der Waals surface area (Å²) in [5.41, 5.74) is 0.579. The molecule has 48 heavy (non-hydrogen) atoms. The summed E-state index contributed by atoms with van der Waals surface area (Å²) in [6.45, 7) is -0.389. The number of nitrogens with zero attached hydrogens (tertiary/aromatic N) is 2. The minimum absolute atomic E-state index is 0.0256. The molecule has 3 amide bonds. The highest BCUT2D eigenvalue weighted by Crippen LogP contribution is 2.69. The van der Waals surface area contributed by atoms with E-state index >= 15 is 0 Å². The van der Waals surface area contributed by atoms with E-state index in [-0.39, 0.29) is 57.8 Å². The molecule has 4 aromatic rings. The number of hydrogen-bond donors (Lipinski definition) is 1. The van der Waals surface area contributed by atoms with Crippen molar-refractivity contribution < 1.29 is 32.3 Å². The molecular formula is C35H28F3N3O5S2. The summed E-state index contributed by atoms with van der Waals surface area (Å²) in [5, 5.41) is 3.03. The first kappa shape index (κ1) is 30.9. The number of methoxy groups -OCH3 is 1. The van der Waals surface area contributed by atoms with Crippen LogP contribution in [0.5, 0.6) is 5.75 Å². The van der Waals surface area contributed by atoms with E-state index in [1.807, 2.05) is 30.3 Å². The fourth-order valence-electron chi connectivity index (χ4n) is 8.39. The van der Waals surface area contributed by atoms with Gasteiger partial charge in [0.2, 0.25) is 17.7 Å². The van der Waals surface area contributed by atoms with E-state index < -0.39 is 29.5 Å². The lowest BCUT2D eigenvalue weighted by molar-refractivity contribution is -0.137. The summed E-state index contributed by atoms with van der Waals surface area (Å²) >= 11 is 2.53. The number of amides is 3. The van der Waals surface area contributed by atoms with E-state index in [4.69, 9.17) is 4.74 Å². The van der Waals surface area contributed by atoms with Gasteiger partial charge >= 0.3 is 11.0 Å². The fourth-order valence-corrected chi connectivity index (χ4v) is 11.5. The Morgan fingerprint density at radius 3 is 2.33 bits per heavy atom. The summed E-state index contributed by atoms with van der Waals surface area (Å²) in [4.78, 5) is 56.4. The van der Waals surface area contributed by atoms with Gasteiger partial charge in [-0.15, -0.1) is 11.8 Å². The normalized spacial score (nSPS) is 27.1. The van der Waals surface area contributed by atoms with Gasteiger partial charge in [-0.3, -0.25) is 28.6 Å². The van der Waals surface area contributed by atoms with Crippen LogP contribution in [-0.2, 0) is 27.1 Å². The molecule has 4 aliphatic rings. The summed E-state index contributed by atoms with van der Waals surface area (Å²) in [6, 6.07) is 20.9. The van der Waals surface area contributed by atoms with Crippen LogP contribution in [0.3, 0.4) is 0 Å². The number of thioether (sulfide) groups is 1. The van der Waals surface area contributed by atoms with Crippen LogP contribution in [0.1, 0.15) is 28.3 Å². The number of rotatable bonds is 6. The number of para-hydroxylation sites is 1. The number of carbonyl (C=O) groups is 3.